The number of benzene rings is 2. The number of halogens is 2. The minimum atomic E-state index is -0.409. The van der Waals surface area contributed by atoms with E-state index in [2.05, 4.69) is 5.32 Å². The summed E-state index contributed by atoms with van der Waals surface area (Å²) in [5.74, 6) is -0.698. The van der Waals surface area contributed by atoms with Gasteiger partial charge in [-0.05, 0) is 17.7 Å². The summed E-state index contributed by atoms with van der Waals surface area (Å²) in [6, 6.07) is 14.7. The van der Waals surface area contributed by atoms with Crippen LogP contribution in [0.4, 0.5) is 5.69 Å². The Kier molecular flexibility index (Phi) is 5.07. The van der Waals surface area contributed by atoms with E-state index in [1.54, 1.807) is 18.2 Å². The predicted octanol–water partition coefficient (Wildman–Crippen LogP) is 3.66. The zero-order valence-electron chi connectivity index (χ0n) is 12.8. The number of carbonyl (C=O) groups is 2. The lowest BCUT2D eigenvalue weighted by molar-refractivity contribution is -0.126. The van der Waals surface area contributed by atoms with E-state index in [1.807, 2.05) is 30.3 Å². The summed E-state index contributed by atoms with van der Waals surface area (Å²) in [5, 5.41) is 3.69. The minimum absolute atomic E-state index is 0.141. The van der Waals surface area contributed by atoms with Crippen molar-refractivity contribution in [3.05, 3.63) is 64.1 Å². The highest BCUT2D eigenvalue weighted by atomic mass is 35.5. The first-order valence-electron chi connectivity index (χ1n) is 7.62. The molecule has 1 aliphatic heterocycles. The van der Waals surface area contributed by atoms with Gasteiger partial charge in [-0.3, -0.25) is 9.59 Å². The van der Waals surface area contributed by atoms with Crippen LogP contribution in [0.1, 0.15) is 12.0 Å². The minimum Gasteiger partial charge on any atom is -0.352 e. The van der Waals surface area contributed by atoms with Crippen molar-refractivity contribution in [1.29, 1.82) is 0 Å². The van der Waals surface area contributed by atoms with E-state index in [1.165, 1.54) is 4.90 Å². The molecule has 0 bridgehead atoms. The first-order valence-corrected chi connectivity index (χ1v) is 8.38. The number of rotatable bonds is 4. The number of hydrogen-bond acceptors (Lipinski definition) is 2. The Bertz CT molecular complexity index is 745. The standard InChI is InChI=1S/C18H16Cl2N2O2/c19-14-7-4-8-15(20)17(14)22-11-13(9-16(22)23)18(24)21-10-12-5-2-1-3-6-12/h1-8,13H,9-11H2,(H,21,24). The van der Waals surface area contributed by atoms with Gasteiger partial charge in [0.05, 0.1) is 21.7 Å². The van der Waals surface area contributed by atoms with E-state index in [-0.39, 0.29) is 24.8 Å². The molecule has 0 radical (unpaired) electrons. The summed E-state index contributed by atoms with van der Waals surface area (Å²) < 4.78 is 0. The number of anilines is 1. The van der Waals surface area contributed by atoms with Gasteiger partial charge in [0.1, 0.15) is 0 Å². The molecule has 0 aromatic heterocycles. The second-order valence-electron chi connectivity index (χ2n) is 5.68. The highest BCUT2D eigenvalue weighted by Crippen LogP contribution is 2.37. The zero-order chi connectivity index (χ0) is 17.1. The van der Waals surface area contributed by atoms with Gasteiger partial charge in [-0.2, -0.15) is 0 Å². The fourth-order valence-electron chi connectivity index (χ4n) is 2.78. The Labute approximate surface area is 150 Å². The Balaban J connectivity index is 1.67. The summed E-state index contributed by atoms with van der Waals surface area (Å²) in [6.45, 7) is 0.722. The summed E-state index contributed by atoms with van der Waals surface area (Å²) in [6.07, 6.45) is 0.155. The highest BCUT2D eigenvalue weighted by molar-refractivity contribution is 6.40. The highest BCUT2D eigenvalue weighted by Gasteiger charge is 2.36. The molecule has 1 N–H and O–H groups in total. The Hall–Kier alpha value is -2.04. The third-order valence-electron chi connectivity index (χ3n) is 4.01. The molecular formula is C18H16Cl2N2O2. The van der Waals surface area contributed by atoms with Crippen molar-refractivity contribution in [3.63, 3.8) is 0 Å². The van der Waals surface area contributed by atoms with Crippen molar-refractivity contribution in [2.45, 2.75) is 13.0 Å². The number of hydrogen-bond donors (Lipinski definition) is 1. The molecule has 2 aromatic rings. The topological polar surface area (TPSA) is 49.4 Å². The number of para-hydroxylation sites is 1. The van der Waals surface area contributed by atoms with Crippen LogP contribution >= 0.6 is 23.2 Å². The number of nitrogens with zero attached hydrogens (tertiary/aromatic N) is 1. The Morgan fingerprint density at radius 1 is 1.08 bits per heavy atom. The SMILES string of the molecule is O=C(NCc1ccccc1)C1CC(=O)N(c2c(Cl)cccc2Cl)C1. The third kappa shape index (κ3) is 3.55. The van der Waals surface area contributed by atoms with Crippen LogP contribution in [0.15, 0.2) is 48.5 Å². The smallest absolute Gasteiger partial charge is 0.227 e. The van der Waals surface area contributed by atoms with Crippen LogP contribution in [-0.2, 0) is 16.1 Å². The average molecular weight is 363 g/mol. The van der Waals surface area contributed by atoms with Crippen molar-refractivity contribution in [3.8, 4) is 0 Å². The molecule has 1 heterocycles. The summed E-state index contributed by atoms with van der Waals surface area (Å²) in [7, 11) is 0. The molecular weight excluding hydrogens is 347 g/mol. The Morgan fingerprint density at radius 3 is 2.42 bits per heavy atom. The third-order valence-corrected chi connectivity index (χ3v) is 4.62. The predicted molar refractivity (Wildman–Crippen MR) is 95.2 cm³/mol. The first kappa shape index (κ1) is 16.8. The molecule has 1 fully saturated rings. The van der Waals surface area contributed by atoms with E-state index in [4.69, 9.17) is 23.2 Å². The molecule has 4 nitrogen and oxygen atoms in total. The van der Waals surface area contributed by atoms with Crippen molar-refractivity contribution in [1.82, 2.24) is 5.32 Å². The lowest BCUT2D eigenvalue weighted by atomic mass is 10.1. The largest absolute Gasteiger partial charge is 0.352 e. The lowest BCUT2D eigenvalue weighted by Crippen LogP contribution is -2.32. The van der Waals surface area contributed by atoms with Crippen LogP contribution in [0.5, 0.6) is 0 Å². The summed E-state index contributed by atoms with van der Waals surface area (Å²) >= 11 is 12.3. The van der Waals surface area contributed by atoms with Crippen LogP contribution < -0.4 is 10.2 Å². The number of nitrogens with one attached hydrogen (secondary N) is 1. The maximum absolute atomic E-state index is 12.4. The molecule has 0 spiro atoms. The van der Waals surface area contributed by atoms with E-state index < -0.39 is 5.92 Å². The molecule has 1 saturated heterocycles. The van der Waals surface area contributed by atoms with Gasteiger partial charge in [0, 0.05) is 19.5 Å². The normalized spacial score (nSPS) is 17.2. The van der Waals surface area contributed by atoms with Crippen molar-refractivity contribution in [2.75, 3.05) is 11.4 Å². The monoisotopic (exact) mass is 362 g/mol. The van der Waals surface area contributed by atoms with Gasteiger partial charge < -0.3 is 10.2 Å². The molecule has 0 saturated carbocycles. The van der Waals surface area contributed by atoms with Gasteiger partial charge >= 0.3 is 0 Å². The number of amides is 2. The van der Waals surface area contributed by atoms with Crippen LogP contribution in [0.25, 0.3) is 0 Å². The van der Waals surface area contributed by atoms with E-state index in [9.17, 15) is 9.59 Å². The summed E-state index contributed by atoms with van der Waals surface area (Å²) in [4.78, 5) is 26.1. The molecule has 1 aliphatic rings. The van der Waals surface area contributed by atoms with Gasteiger partial charge in [-0.15, -0.1) is 0 Å². The van der Waals surface area contributed by atoms with E-state index in [0.29, 0.717) is 22.3 Å². The molecule has 124 valence electrons. The average Bonchev–Trinajstić information content (AvgIpc) is 2.95. The quantitative estimate of drug-likeness (QED) is 0.901. The molecule has 2 amide bonds. The Morgan fingerprint density at radius 2 is 1.75 bits per heavy atom. The first-order chi connectivity index (χ1) is 11.6. The van der Waals surface area contributed by atoms with Crippen molar-refractivity contribution >= 4 is 40.7 Å². The molecule has 1 atom stereocenters. The number of carbonyl (C=O) groups excluding carboxylic acids is 2. The van der Waals surface area contributed by atoms with Crippen LogP contribution in [0, 0.1) is 5.92 Å². The summed E-state index contributed by atoms with van der Waals surface area (Å²) in [5.41, 5.74) is 1.49. The van der Waals surface area contributed by atoms with Crippen LogP contribution in [0.2, 0.25) is 10.0 Å². The fourth-order valence-corrected chi connectivity index (χ4v) is 3.38. The molecule has 6 heteroatoms. The zero-order valence-corrected chi connectivity index (χ0v) is 14.3. The van der Waals surface area contributed by atoms with E-state index >= 15 is 0 Å². The van der Waals surface area contributed by atoms with Crippen LogP contribution in [-0.4, -0.2) is 18.4 Å². The molecule has 24 heavy (non-hydrogen) atoms. The maximum atomic E-state index is 12.4. The van der Waals surface area contributed by atoms with Gasteiger partial charge in [0.2, 0.25) is 11.8 Å². The lowest BCUT2D eigenvalue weighted by Gasteiger charge is -2.19. The van der Waals surface area contributed by atoms with Crippen molar-refractivity contribution in [2.24, 2.45) is 5.92 Å². The van der Waals surface area contributed by atoms with Crippen LogP contribution in [0.3, 0.4) is 0 Å². The molecule has 1 unspecified atom stereocenters. The van der Waals surface area contributed by atoms with Gasteiger partial charge in [-0.25, -0.2) is 0 Å². The molecule has 2 aromatic carbocycles. The van der Waals surface area contributed by atoms with Gasteiger partial charge in [-0.1, -0.05) is 59.6 Å². The van der Waals surface area contributed by atoms with Crippen molar-refractivity contribution < 1.29 is 9.59 Å². The maximum Gasteiger partial charge on any atom is 0.227 e. The van der Waals surface area contributed by atoms with Gasteiger partial charge in [0.15, 0.2) is 0 Å². The second kappa shape index (κ2) is 7.24. The molecule has 3 rings (SSSR count). The fraction of sp³-hybridized carbons (Fsp3) is 0.222. The molecule has 0 aliphatic carbocycles. The second-order valence-corrected chi connectivity index (χ2v) is 6.49. The van der Waals surface area contributed by atoms with Gasteiger partial charge in [0.25, 0.3) is 0 Å². The van der Waals surface area contributed by atoms with E-state index in [0.717, 1.165) is 5.56 Å².